The van der Waals surface area contributed by atoms with Gasteiger partial charge in [-0.05, 0) is 31.2 Å². The van der Waals surface area contributed by atoms with Crippen molar-refractivity contribution < 1.29 is 9.47 Å². The molecule has 0 bridgehead atoms. The van der Waals surface area contributed by atoms with E-state index in [0.717, 1.165) is 22.9 Å². The lowest BCUT2D eigenvalue weighted by Gasteiger charge is -2.05. The van der Waals surface area contributed by atoms with Crippen LogP contribution >= 0.6 is 0 Å². The van der Waals surface area contributed by atoms with Gasteiger partial charge >= 0.3 is 0 Å². The quantitative estimate of drug-likeness (QED) is 0.640. The molecule has 20 heavy (non-hydrogen) atoms. The SMILES string of the molecule is CCOc1cccc(NC=Nc2cccc(OC)c2)c1. The van der Waals surface area contributed by atoms with Gasteiger partial charge in [0.15, 0.2) is 0 Å². The molecule has 0 spiro atoms. The van der Waals surface area contributed by atoms with E-state index in [0.29, 0.717) is 6.61 Å². The Hall–Kier alpha value is -2.49. The van der Waals surface area contributed by atoms with Crippen LogP contribution < -0.4 is 14.8 Å². The summed E-state index contributed by atoms with van der Waals surface area (Å²) in [5, 5.41) is 3.12. The summed E-state index contributed by atoms with van der Waals surface area (Å²) < 4.78 is 10.6. The van der Waals surface area contributed by atoms with Gasteiger partial charge in [-0.25, -0.2) is 4.99 Å². The third kappa shape index (κ3) is 4.02. The van der Waals surface area contributed by atoms with Gasteiger partial charge in [0.2, 0.25) is 0 Å². The van der Waals surface area contributed by atoms with Crippen LogP contribution in [0.15, 0.2) is 53.5 Å². The van der Waals surface area contributed by atoms with Crippen LogP contribution in [0.2, 0.25) is 0 Å². The highest BCUT2D eigenvalue weighted by atomic mass is 16.5. The predicted molar refractivity (Wildman–Crippen MR) is 82.4 cm³/mol. The van der Waals surface area contributed by atoms with Crippen molar-refractivity contribution >= 4 is 17.7 Å². The Bertz CT molecular complexity index is 582. The van der Waals surface area contributed by atoms with Crippen molar-refractivity contribution in [2.45, 2.75) is 6.92 Å². The Morgan fingerprint density at radius 2 is 1.90 bits per heavy atom. The van der Waals surface area contributed by atoms with E-state index in [9.17, 15) is 0 Å². The zero-order valence-corrected chi connectivity index (χ0v) is 11.7. The first kappa shape index (κ1) is 13.9. The van der Waals surface area contributed by atoms with E-state index in [1.54, 1.807) is 13.4 Å². The van der Waals surface area contributed by atoms with E-state index < -0.39 is 0 Å². The highest BCUT2D eigenvalue weighted by Crippen LogP contribution is 2.19. The number of hydrogen-bond donors (Lipinski definition) is 1. The minimum absolute atomic E-state index is 0.654. The Kier molecular flexibility index (Phi) is 5.00. The van der Waals surface area contributed by atoms with Crippen LogP contribution in [0.1, 0.15) is 6.92 Å². The topological polar surface area (TPSA) is 42.8 Å². The predicted octanol–water partition coefficient (Wildman–Crippen LogP) is 3.87. The van der Waals surface area contributed by atoms with E-state index >= 15 is 0 Å². The van der Waals surface area contributed by atoms with Crippen molar-refractivity contribution in [1.82, 2.24) is 0 Å². The molecule has 0 fully saturated rings. The lowest BCUT2D eigenvalue weighted by atomic mass is 10.3. The van der Waals surface area contributed by atoms with E-state index in [2.05, 4.69) is 10.3 Å². The number of rotatable bonds is 6. The van der Waals surface area contributed by atoms with Gasteiger partial charge < -0.3 is 14.8 Å². The number of aliphatic imine (C=N–C) groups is 1. The van der Waals surface area contributed by atoms with Crippen molar-refractivity contribution in [3.8, 4) is 11.5 Å². The summed E-state index contributed by atoms with van der Waals surface area (Å²) in [6.07, 6.45) is 1.65. The van der Waals surface area contributed by atoms with Gasteiger partial charge in [0.25, 0.3) is 0 Å². The number of hydrogen-bond acceptors (Lipinski definition) is 3. The van der Waals surface area contributed by atoms with Crippen molar-refractivity contribution in [3.05, 3.63) is 48.5 Å². The molecule has 0 unspecified atom stereocenters. The molecule has 0 saturated carbocycles. The first-order chi connectivity index (χ1) is 9.81. The highest BCUT2D eigenvalue weighted by molar-refractivity contribution is 5.78. The van der Waals surface area contributed by atoms with Gasteiger partial charge in [-0.2, -0.15) is 0 Å². The minimum Gasteiger partial charge on any atom is -0.497 e. The number of anilines is 1. The van der Waals surface area contributed by atoms with Crippen LogP contribution in [0.3, 0.4) is 0 Å². The molecule has 0 amide bonds. The second kappa shape index (κ2) is 7.19. The van der Waals surface area contributed by atoms with Gasteiger partial charge in [-0.1, -0.05) is 12.1 Å². The normalized spacial score (nSPS) is 10.5. The zero-order valence-electron chi connectivity index (χ0n) is 11.7. The molecular weight excluding hydrogens is 252 g/mol. The third-order valence-corrected chi connectivity index (χ3v) is 2.64. The molecule has 104 valence electrons. The molecule has 2 rings (SSSR count). The molecule has 0 radical (unpaired) electrons. The first-order valence-corrected chi connectivity index (χ1v) is 6.48. The standard InChI is InChI=1S/C16H18N2O2/c1-3-20-16-9-5-7-14(11-16)18-12-17-13-6-4-8-15(10-13)19-2/h4-12H,3H2,1-2H3,(H,17,18). The van der Waals surface area contributed by atoms with E-state index in [1.165, 1.54) is 0 Å². The molecule has 1 N–H and O–H groups in total. The van der Waals surface area contributed by atoms with E-state index in [4.69, 9.17) is 9.47 Å². The van der Waals surface area contributed by atoms with Crippen LogP contribution in [0.4, 0.5) is 11.4 Å². The van der Waals surface area contributed by atoms with Gasteiger partial charge in [0.05, 0.1) is 25.7 Å². The van der Waals surface area contributed by atoms with E-state index in [1.807, 2.05) is 55.5 Å². The molecule has 2 aromatic carbocycles. The average Bonchev–Trinajstić information content (AvgIpc) is 2.48. The molecule has 0 saturated heterocycles. The second-order valence-electron chi connectivity index (χ2n) is 4.06. The first-order valence-electron chi connectivity index (χ1n) is 6.48. The molecule has 4 heteroatoms. The van der Waals surface area contributed by atoms with E-state index in [-0.39, 0.29) is 0 Å². The fraction of sp³-hybridized carbons (Fsp3) is 0.188. The number of benzene rings is 2. The Balaban J connectivity index is 2.00. The monoisotopic (exact) mass is 270 g/mol. The van der Waals surface area contributed by atoms with Crippen molar-refractivity contribution in [3.63, 3.8) is 0 Å². The van der Waals surface area contributed by atoms with Crippen molar-refractivity contribution in [2.75, 3.05) is 19.0 Å². The number of nitrogens with one attached hydrogen (secondary N) is 1. The number of methoxy groups -OCH3 is 1. The van der Waals surface area contributed by atoms with Crippen LogP contribution in [0, 0.1) is 0 Å². The number of ether oxygens (including phenoxy) is 2. The minimum atomic E-state index is 0.654. The summed E-state index contributed by atoms with van der Waals surface area (Å²) in [7, 11) is 1.64. The Morgan fingerprint density at radius 3 is 2.70 bits per heavy atom. The maximum atomic E-state index is 5.44. The van der Waals surface area contributed by atoms with Crippen LogP contribution in [-0.4, -0.2) is 20.1 Å². The van der Waals surface area contributed by atoms with Gasteiger partial charge in [-0.15, -0.1) is 0 Å². The maximum absolute atomic E-state index is 5.44. The lowest BCUT2D eigenvalue weighted by molar-refractivity contribution is 0.340. The molecule has 0 aliphatic heterocycles. The Labute approximate surface area is 119 Å². The van der Waals surface area contributed by atoms with Gasteiger partial charge in [0, 0.05) is 17.8 Å². The third-order valence-electron chi connectivity index (χ3n) is 2.64. The Morgan fingerprint density at radius 1 is 1.10 bits per heavy atom. The molecular formula is C16H18N2O2. The fourth-order valence-corrected chi connectivity index (χ4v) is 1.71. The summed E-state index contributed by atoms with van der Waals surface area (Å²) in [6.45, 7) is 2.62. The summed E-state index contributed by atoms with van der Waals surface area (Å²) in [6, 6.07) is 15.3. The summed E-state index contributed by atoms with van der Waals surface area (Å²) in [4.78, 5) is 4.33. The largest absolute Gasteiger partial charge is 0.497 e. The molecule has 4 nitrogen and oxygen atoms in total. The van der Waals surface area contributed by atoms with Gasteiger partial charge in [0.1, 0.15) is 11.5 Å². The van der Waals surface area contributed by atoms with Crippen LogP contribution in [0.5, 0.6) is 11.5 Å². The second-order valence-corrected chi connectivity index (χ2v) is 4.06. The summed E-state index contributed by atoms with van der Waals surface area (Å²) in [5.41, 5.74) is 1.76. The highest BCUT2D eigenvalue weighted by Gasteiger charge is 1.95. The van der Waals surface area contributed by atoms with Gasteiger partial charge in [-0.3, -0.25) is 0 Å². The number of nitrogens with zero attached hydrogens (tertiary/aromatic N) is 1. The molecule has 0 aromatic heterocycles. The van der Waals surface area contributed by atoms with Crippen molar-refractivity contribution in [2.24, 2.45) is 4.99 Å². The zero-order chi connectivity index (χ0) is 14.2. The lowest BCUT2D eigenvalue weighted by Crippen LogP contribution is -1.96. The molecule has 0 atom stereocenters. The molecule has 0 aliphatic carbocycles. The maximum Gasteiger partial charge on any atom is 0.121 e. The summed E-state index contributed by atoms with van der Waals surface area (Å²) in [5.74, 6) is 1.63. The molecule has 0 heterocycles. The van der Waals surface area contributed by atoms with Crippen LogP contribution in [-0.2, 0) is 0 Å². The fourth-order valence-electron chi connectivity index (χ4n) is 1.71. The smallest absolute Gasteiger partial charge is 0.121 e. The van der Waals surface area contributed by atoms with Crippen LogP contribution in [0.25, 0.3) is 0 Å². The molecule has 2 aromatic rings. The summed E-state index contributed by atoms with van der Waals surface area (Å²) >= 11 is 0. The van der Waals surface area contributed by atoms with Crippen molar-refractivity contribution in [1.29, 1.82) is 0 Å². The average molecular weight is 270 g/mol. The molecule has 0 aliphatic rings.